The van der Waals surface area contributed by atoms with E-state index in [2.05, 4.69) is 33.0 Å². The fraction of sp³-hybridized carbons (Fsp3) is 1.00. The van der Waals surface area contributed by atoms with Gasteiger partial charge in [0.25, 0.3) is 0 Å². The van der Waals surface area contributed by atoms with Gasteiger partial charge in [0, 0.05) is 12.1 Å². The Labute approximate surface area is 120 Å². The molecular weight excluding hydrogens is 230 g/mol. The van der Waals surface area contributed by atoms with Crippen molar-refractivity contribution in [3.05, 3.63) is 0 Å². The van der Waals surface area contributed by atoms with Gasteiger partial charge in [0.2, 0.25) is 0 Å². The van der Waals surface area contributed by atoms with E-state index in [4.69, 9.17) is 0 Å². The molecule has 2 aliphatic carbocycles. The summed E-state index contributed by atoms with van der Waals surface area (Å²) in [6.45, 7) is 9.68. The standard InChI is InChI=1S/C18H35N/c1-5-18(3,4)16-9-11-17(12-10-16)19-14(2)13-15-7-6-8-15/h14-17,19H,5-13H2,1-4H3. The SMILES string of the molecule is CCC(C)(C)C1CCC(NC(C)CC2CCC2)CC1. The van der Waals surface area contributed by atoms with Gasteiger partial charge in [0.05, 0.1) is 0 Å². The van der Waals surface area contributed by atoms with Crippen LogP contribution in [0.2, 0.25) is 0 Å². The topological polar surface area (TPSA) is 12.0 Å². The van der Waals surface area contributed by atoms with Crippen molar-refractivity contribution in [1.29, 1.82) is 0 Å². The van der Waals surface area contributed by atoms with Gasteiger partial charge in [-0.25, -0.2) is 0 Å². The van der Waals surface area contributed by atoms with Crippen LogP contribution in [-0.2, 0) is 0 Å². The predicted octanol–water partition coefficient (Wildman–Crippen LogP) is 5.15. The van der Waals surface area contributed by atoms with E-state index in [1.165, 1.54) is 57.8 Å². The highest BCUT2D eigenvalue weighted by atomic mass is 14.9. The van der Waals surface area contributed by atoms with Gasteiger partial charge in [0.1, 0.15) is 0 Å². The van der Waals surface area contributed by atoms with Crippen LogP contribution >= 0.6 is 0 Å². The quantitative estimate of drug-likeness (QED) is 0.700. The lowest BCUT2D eigenvalue weighted by Crippen LogP contribution is -2.42. The molecule has 2 aliphatic rings. The molecule has 1 N–H and O–H groups in total. The average molecular weight is 265 g/mol. The summed E-state index contributed by atoms with van der Waals surface area (Å²) in [7, 11) is 0. The van der Waals surface area contributed by atoms with Crippen molar-refractivity contribution in [2.24, 2.45) is 17.3 Å². The molecule has 0 aliphatic heterocycles. The molecule has 2 rings (SSSR count). The summed E-state index contributed by atoms with van der Waals surface area (Å²) in [5.41, 5.74) is 0.558. The fourth-order valence-electron chi connectivity index (χ4n) is 4.03. The van der Waals surface area contributed by atoms with Gasteiger partial charge in [-0.15, -0.1) is 0 Å². The van der Waals surface area contributed by atoms with Crippen molar-refractivity contribution < 1.29 is 0 Å². The van der Waals surface area contributed by atoms with E-state index in [1.54, 1.807) is 0 Å². The summed E-state index contributed by atoms with van der Waals surface area (Å²) in [6, 6.07) is 1.55. The maximum atomic E-state index is 3.91. The molecule has 0 amide bonds. The molecule has 0 aromatic carbocycles. The Kier molecular flexibility index (Phi) is 5.34. The second-order valence-electron chi connectivity index (χ2n) is 7.99. The van der Waals surface area contributed by atoms with E-state index in [0.717, 1.165) is 23.9 Å². The maximum absolute atomic E-state index is 3.91. The zero-order valence-corrected chi connectivity index (χ0v) is 13.7. The molecule has 1 atom stereocenters. The van der Waals surface area contributed by atoms with Gasteiger partial charge in [-0.3, -0.25) is 0 Å². The van der Waals surface area contributed by atoms with E-state index in [0.29, 0.717) is 5.41 Å². The number of hydrogen-bond acceptors (Lipinski definition) is 1. The largest absolute Gasteiger partial charge is 0.311 e. The zero-order chi connectivity index (χ0) is 13.9. The second-order valence-corrected chi connectivity index (χ2v) is 7.99. The van der Waals surface area contributed by atoms with Crippen LogP contribution in [-0.4, -0.2) is 12.1 Å². The van der Waals surface area contributed by atoms with Crippen molar-refractivity contribution in [2.75, 3.05) is 0 Å². The van der Waals surface area contributed by atoms with Crippen LogP contribution < -0.4 is 5.32 Å². The summed E-state index contributed by atoms with van der Waals surface area (Å²) in [5, 5.41) is 3.91. The van der Waals surface area contributed by atoms with E-state index in [9.17, 15) is 0 Å². The first-order valence-corrected chi connectivity index (χ1v) is 8.77. The lowest BCUT2D eigenvalue weighted by atomic mass is 9.69. The summed E-state index contributed by atoms with van der Waals surface area (Å²) in [5.74, 6) is 2.00. The Bertz CT molecular complexity index is 259. The van der Waals surface area contributed by atoms with Gasteiger partial charge in [-0.2, -0.15) is 0 Å². The monoisotopic (exact) mass is 265 g/mol. The molecule has 0 bridgehead atoms. The van der Waals surface area contributed by atoms with Gasteiger partial charge < -0.3 is 5.32 Å². The third kappa shape index (κ3) is 4.21. The van der Waals surface area contributed by atoms with E-state index >= 15 is 0 Å². The first-order chi connectivity index (χ1) is 9.01. The van der Waals surface area contributed by atoms with E-state index in [-0.39, 0.29) is 0 Å². The second kappa shape index (κ2) is 6.61. The number of hydrogen-bond donors (Lipinski definition) is 1. The van der Waals surface area contributed by atoms with Crippen molar-refractivity contribution in [3.8, 4) is 0 Å². The van der Waals surface area contributed by atoms with Crippen molar-refractivity contribution in [3.63, 3.8) is 0 Å². The highest BCUT2D eigenvalue weighted by Gasteiger charge is 2.32. The molecule has 2 fully saturated rings. The zero-order valence-electron chi connectivity index (χ0n) is 13.7. The van der Waals surface area contributed by atoms with Crippen LogP contribution in [0.3, 0.4) is 0 Å². The third-order valence-corrected chi connectivity index (χ3v) is 6.18. The fourth-order valence-corrected chi connectivity index (χ4v) is 4.03. The van der Waals surface area contributed by atoms with Crippen LogP contribution in [0.15, 0.2) is 0 Å². The first kappa shape index (κ1) is 15.4. The lowest BCUT2D eigenvalue weighted by Gasteiger charge is -2.40. The van der Waals surface area contributed by atoms with Crippen LogP contribution in [0.5, 0.6) is 0 Å². The molecule has 112 valence electrons. The number of nitrogens with one attached hydrogen (secondary N) is 1. The summed E-state index contributed by atoms with van der Waals surface area (Å²) in [6.07, 6.45) is 12.9. The molecule has 0 saturated heterocycles. The van der Waals surface area contributed by atoms with Crippen molar-refractivity contribution in [2.45, 2.75) is 97.6 Å². The molecular formula is C18H35N. The highest BCUT2D eigenvalue weighted by molar-refractivity contribution is 4.86. The normalized spacial score (nSPS) is 30.9. The van der Waals surface area contributed by atoms with Gasteiger partial charge >= 0.3 is 0 Å². The van der Waals surface area contributed by atoms with Crippen LogP contribution in [0.1, 0.15) is 85.5 Å². The Morgan fingerprint density at radius 1 is 1.05 bits per heavy atom. The average Bonchev–Trinajstić information content (AvgIpc) is 2.35. The molecule has 1 nitrogen and oxygen atoms in total. The summed E-state index contributed by atoms with van der Waals surface area (Å²) < 4.78 is 0. The Hall–Kier alpha value is -0.0400. The minimum Gasteiger partial charge on any atom is -0.311 e. The summed E-state index contributed by atoms with van der Waals surface area (Å²) in [4.78, 5) is 0. The molecule has 2 saturated carbocycles. The van der Waals surface area contributed by atoms with Crippen LogP contribution in [0.4, 0.5) is 0 Å². The molecule has 1 unspecified atom stereocenters. The molecule has 1 heteroatoms. The molecule has 19 heavy (non-hydrogen) atoms. The van der Waals surface area contributed by atoms with Gasteiger partial charge in [-0.1, -0.05) is 46.5 Å². The number of rotatable bonds is 6. The van der Waals surface area contributed by atoms with Crippen LogP contribution in [0.25, 0.3) is 0 Å². The highest BCUT2D eigenvalue weighted by Crippen LogP contribution is 2.40. The van der Waals surface area contributed by atoms with E-state index in [1.807, 2.05) is 0 Å². The molecule has 0 spiro atoms. The Morgan fingerprint density at radius 2 is 1.68 bits per heavy atom. The lowest BCUT2D eigenvalue weighted by molar-refractivity contribution is 0.132. The first-order valence-electron chi connectivity index (χ1n) is 8.77. The van der Waals surface area contributed by atoms with Gasteiger partial charge in [0.15, 0.2) is 0 Å². The Morgan fingerprint density at radius 3 is 2.16 bits per heavy atom. The maximum Gasteiger partial charge on any atom is 0.00697 e. The minimum absolute atomic E-state index is 0.558. The van der Waals surface area contributed by atoms with Gasteiger partial charge in [-0.05, 0) is 56.3 Å². The predicted molar refractivity (Wildman–Crippen MR) is 84.4 cm³/mol. The minimum atomic E-state index is 0.558. The molecule has 0 heterocycles. The molecule has 0 aromatic heterocycles. The summed E-state index contributed by atoms with van der Waals surface area (Å²) >= 11 is 0. The van der Waals surface area contributed by atoms with E-state index < -0.39 is 0 Å². The molecule has 0 radical (unpaired) electrons. The van der Waals surface area contributed by atoms with Crippen molar-refractivity contribution in [1.82, 2.24) is 5.32 Å². The Balaban J connectivity index is 1.68. The molecule has 0 aromatic rings. The smallest absolute Gasteiger partial charge is 0.00697 e. The third-order valence-electron chi connectivity index (χ3n) is 6.18. The van der Waals surface area contributed by atoms with Crippen LogP contribution in [0, 0.1) is 17.3 Å². The van der Waals surface area contributed by atoms with Crippen molar-refractivity contribution >= 4 is 0 Å².